The summed E-state index contributed by atoms with van der Waals surface area (Å²) in [6.45, 7) is 5.16. The van der Waals surface area contributed by atoms with Gasteiger partial charge in [0.25, 0.3) is 0 Å². The maximum atomic E-state index is 12.2. The smallest absolute Gasteiger partial charge is 0.410 e. The van der Waals surface area contributed by atoms with Gasteiger partial charge in [0.05, 0.1) is 26.4 Å². The maximum absolute atomic E-state index is 12.2. The minimum atomic E-state index is -0.328. The first-order chi connectivity index (χ1) is 10.9. The van der Waals surface area contributed by atoms with Crippen LogP contribution in [0.5, 0.6) is 0 Å². The average molecular weight is 308 g/mol. The summed E-state index contributed by atoms with van der Waals surface area (Å²) in [6.07, 6.45) is -0.328. The van der Waals surface area contributed by atoms with Crippen molar-refractivity contribution in [3.8, 4) is 0 Å². The van der Waals surface area contributed by atoms with Gasteiger partial charge < -0.3 is 24.4 Å². The van der Waals surface area contributed by atoms with E-state index in [9.17, 15) is 4.79 Å². The standard InChI is InChI=1S/C16H24N2O4/c19-16(22-14-15-4-2-1-3-5-15)18-8-12-20-10-6-17-7-11-21-13-9-18/h1-5,17H,6-14H2. The number of benzene rings is 1. The highest BCUT2D eigenvalue weighted by Gasteiger charge is 2.15. The lowest BCUT2D eigenvalue weighted by Gasteiger charge is -2.22. The zero-order valence-electron chi connectivity index (χ0n) is 12.8. The van der Waals surface area contributed by atoms with E-state index in [4.69, 9.17) is 14.2 Å². The monoisotopic (exact) mass is 308 g/mol. The molecule has 1 aliphatic rings. The minimum Gasteiger partial charge on any atom is -0.445 e. The summed E-state index contributed by atoms with van der Waals surface area (Å²) in [6, 6.07) is 9.65. The molecular formula is C16H24N2O4. The summed E-state index contributed by atoms with van der Waals surface area (Å²) in [4.78, 5) is 13.8. The summed E-state index contributed by atoms with van der Waals surface area (Å²) in [7, 11) is 0. The minimum absolute atomic E-state index is 0.280. The first-order valence-electron chi connectivity index (χ1n) is 7.68. The van der Waals surface area contributed by atoms with Gasteiger partial charge in [-0.3, -0.25) is 0 Å². The third-order valence-corrected chi connectivity index (χ3v) is 3.32. The summed E-state index contributed by atoms with van der Waals surface area (Å²) in [5.74, 6) is 0. The Bertz CT molecular complexity index is 415. The molecule has 0 bridgehead atoms. The summed E-state index contributed by atoms with van der Waals surface area (Å²) < 4.78 is 16.3. The van der Waals surface area contributed by atoms with E-state index in [1.54, 1.807) is 4.90 Å². The highest BCUT2D eigenvalue weighted by atomic mass is 16.6. The van der Waals surface area contributed by atoms with Crippen molar-refractivity contribution in [3.63, 3.8) is 0 Å². The fourth-order valence-corrected chi connectivity index (χ4v) is 2.07. The second-order valence-corrected chi connectivity index (χ2v) is 5.00. The van der Waals surface area contributed by atoms with Crippen molar-refractivity contribution in [2.45, 2.75) is 6.61 Å². The molecule has 1 amide bonds. The zero-order chi connectivity index (χ0) is 15.5. The molecule has 6 heteroatoms. The van der Waals surface area contributed by atoms with Crippen molar-refractivity contribution < 1.29 is 19.0 Å². The summed E-state index contributed by atoms with van der Waals surface area (Å²) in [5, 5.41) is 3.22. The van der Waals surface area contributed by atoms with E-state index < -0.39 is 0 Å². The van der Waals surface area contributed by atoms with Gasteiger partial charge in [-0.15, -0.1) is 0 Å². The van der Waals surface area contributed by atoms with Crippen LogP contribution in [0.1, 0.15) is 5.56 Å². The Morgan fingerprint density at radius 1 is 1.05 bits per heavy atom. The molecule has 122 valence electrons. The molecule has 0 radical (unpaired) electrons. The zero-order valence-corrected chi connectivity index (χ0v) is 12.8. The number of hydrogen-bond donors (Lipinski definition) is 1. The van der Waals surface area contributed by atoms with Gasteiger partial charge in [0.15, 0.2) is 0 Å². The Morgan fingerprint density at radius 3 is 2.32 bits per heavy atom. The molecule has 1 aliphatic heterocycles. The van der Waals surface area contributed by atoms with Crippen LogP contribution >= 0.6 is 0 Å². The molecule has 0 aliphatic carbocycles. The SMILES string of the molecule is O=C(OCc1ccccc1)N1CCOCCNCCOCC1. The van der Waals surface area contributed by atoms with E-state index in [0.29, 0.717) is 39.5 Å². The van der Waals surface area contributed by atoms with E-state index >= 15 is 0 Å². The summed E-state index contributed by atoms with van der Waals surface area (Å²) >= 11 is 0. The van der Waals surface area contributed by atoms with Gasteiger partial charge in [-0.1, -0.05) is 30.3 Å². The van der Waals surface area contributed by atoms with Gasteiger partial charge in [-0.05, 0) is 5.56 Å². The number of ether oxygens (including phenoxy) is 3. The molecule has 22 heavy (non-hydrogen) atoms. The van der Waals surface area contributed by atoms with E-state index in [0.717, 1.165) is 18.7 Å². The number of hydrogen-bond acceptors (Lipinski definition) is 5. The van der Waals surface area contributed by atoms with Crippen LogP contribution in [-0.4, -0.2) is 63.6 Å². The Balaban J connectivity index is 1.78. The van der Waals surface area contributed by atoms with Crippen molar-refractivity contribution in [3.05, 3.63) is 35.9 Å². The van der Waals surface area contributed by atoms with Crippen molar-refractivity contribution in [1.29, 1.82) is 0 Å². The third kappa shape index (κ3) is 6.43. The third-order valence-electron chi connectivity index (χ3n) is 3.32. The largest absolute Gasteiger partial charge is 0.445 e. The van der Waals surface area contributed by atoms with Crippen LogP contribution in [0.25, 0.3) is 0 Å². The number of amides is 1. The van der Waals surface area contributed by atoms with Crippen LogP contribution in [0.3, 0.4) is 0 Å². The molecule has 1 N–H and O–H groups in total. The highest BCUT2D eigenvalue weighted by Crippen LogP contribution is 2.03. The van der Waals surface area contributed by atoms with Gasteiger partial charge in [0, 0.05) is 26.2 Å². The number of carbonyl (C=O) groups excluding carboxylic acids is 1. The molecule has 0 spiro atoms. The first-order valence-corrected chi connectivity index (χ1v) is 7.68. The van der Waals surface area contributed by atoms with Crippen LogP contribution in [0, 0.1) is 0 Å². The van der Waals surface area contributed by atoms with Crippen molar-refractivity contribution in [2.24, 2.45) is 0 Å². The van der Waals surface area contributed by atoms with Gasteiger partial charge in [0.1, 0.15) is 6.61 Å². The molecular weight excluding hydrogens is 284 g/mol. The molecule has 2 rings (SSSR count). The Labute approximate surface area is 131 Å². The molecule has 1 aromatic carbocycles. The average Bonchev–Trinajstić information content (AvgIpc) is 2.54. The van der Waals surface area contributed by atoms with E-state index in [-0.39, 0.29) is 12.7 Å². The Kier molecular flexibility index (Phi) is 7.73. The molecule has 0 unspecified atom stereocenters. The van der Waals surface area contributed by atoms with Crippen LogP contribution in [-0.2, 0) is 20.8 Å². The molecule has 1 fully saturated rings. The molecule has 6 nitrogen and oxygen atoms in total. The molecule has 1 aromatic rings. The lowest BCUT2D eigenvalue weighted by molar-refractivity contribution is 0.0484. The maximum Gasteiger partial charge on any atom is 0.410 e. The van der Waals surface area contributed by atoms with Crippen LogP contribution in [0.2, 0.25) is 0 Å². The van der Waals surface area contributed by atoms with Crippen molar-refractivity contribution >= 4 is 6.09 Å². The van der Waals surface area contributed by atoms with Gasteiger partial charge in [0.2, 0.25) is 0 Å². The molecule has 0 atom stereocenters. The fourth-order valence-electron chi connectivity index (χ4n) is 2.07. The predicted octanol–water partition coefficient (Wildman–Crippen LogP) is 1.26. The van der Waals surface area contributed by atoms with Crippen molar-refractivity contribution in [1.82, 2.24) is 10.2 Å². The van der Waals surface area contributed by atoms with E-state index in [2.05, 4.69) is 5.32 Å². The normalized spacial score (nSPS) is 18.1. The van der Waals surface area contributed by atoms with Crippen LogP contribution < -0.4 is 5.32 Å². The topological polar surface area (TPSA) is 60.0 Å². The first kappa shape index (κ1) is 16.7. The predicted molar refractivity (Wildman–Crippen MR) is 82.7 cm³/mol. The van der Waals surface area contributed by atoms with Gasteiger partial charge in [-0.2, -0.15) is 0 Å². The summed E-state index contributed by atoms with van der Waals surface area (Å²) in [5.41, 5.74) is 0.976. The van der Waals surface area contributed by atoms with E-state index in [1.807, 2.05) is 30.3 Å². The number of nitrogens with zero attached hydrogens (tertiary/aromatic N) is 1. The van der Waals surface area contributed by atoms with Gasteiger partial charge >= 0.3 is 6.09 Å². The van der Waals surface area contributed by atoms with E-state index in [1.165, 1.54) is 0 Å². The van der Waals surface area contributed by atoms with Crippen LogP contribution in [0.15, 0.2) is 30.3 Å². The molecule has 1 heterocycles. The molecule has 0 aromatic heterocycles. The highest BCUT2D eigenvalue weighted by molar-refractivity contribution is 5.67. The molecule has 1 saturated heterocycles. The lowest BCUT2D eigenvalue weighted by Crippen LogP contribution is -2.38. The number of carbonyl (C=O) groups is 1. The van der Waals surface area contributed by atoms with Crippen LogP contribution in [0.4, 0.5) is 4.79 Å². The van der Waals surface area contributed by atoms with Crippen molar-refractivity contribution in [2.75, 3.05) is 52.6 Å². The Hall–Kier alpha value is -1.63. The quantitative estimate of drug-likeness (QED) is 0.891. The second-order valence-electron chi connectivity index (χ2n) is 5.00. The fraction of sp³-hybridized carbons (Fsp3) is 0.562. The Morgan fingerprint density at radius 2 is 1.68 bits per heavy atom. The van der Waals surface area contributed by atoms with Gasteiger partial charge in [-0.25, -0.2) is 4.79 Å². The lowest BCUT2D eigenvalue weighted by atomic mass is 10.2. The number of nitrogens with one attached hydrogen (secondary N) is 1. The second kappa shape index (κ2) is 10.2. The number of rotatable bonds is 2. The molecule has 0 saturated carbocycles.